The van der Waals surface area contributed by atoms with E-state index in [1.807, 2.05) is 18.2 Å². The zero-order chi connectivity index (χ0) is 15.5. The number of nitrogens with zero attached hydrogens (tertiary/aromatic N) is 1. The van der Waals surface area contributed by atoms with E-state index in [2.05, 4.69) is 43.2 Å². The van der Waals surface area contributed by atoms with Crippen LogP contribution in [0, 0.1) is 5.92 Å². The van der Waals surface area contributed by atoms with Crippen LogP contribution >= 0.6 is 0 Å². The first-order chi connectivity index (χ1) is 10.1. The number of hydrogen-bond acceptors (Lipinski definition) is 3. The third-order valence-corrected chi connectivity index (χ3v) is 3.94. The van der Waals surface area contributed by atoms with E-state index in [1.54, 1.807) is 0 Å². The lowest BCUT2D eigenvalue weighted by molar-refractivity contribution is -0.109. The molecule has 0 saturated carbocycles. The Bertz CT molecular complexity index is 378. The molecule has 0 spiro atoms. The lowest BCUT2D eigenvalue weighted by Crippen LogP contribution is -2.32. The molecule has 1 aromatic carbocycles. The first-order valence-corrected chi connectivity index (χ1v) is 7.63. The number of amides is 1. The van der Waals surface area contributed by atoms with Gasteiger partial charge in [0.15, 0.2) is 0 Å². The van der Waals surface area contributed by atoms with E-state index in [9.17, 15) is 4.79 Å². The Labute approximate surface area is 128 Å². The van der Waals surface area contributed by atoms with E-state index in [-0.39, 0.29) is 0 Å². The van der Waals surface area contributed by atoms with E-state index in [0.717, 1.165) is 39.3 Å². The van der Waals surface area contributed by atoms with Crippen molar-refractivity contribution in [3.8, 4) is 0 Å². The van der Waals surface area contributed by atoms with E-state index >= 15 is 0 Å². The van der Waals surface area contributed by atoms with Crippen LogP contribution in [0.15, 0.2) is 30.3 Å². The molecule has 2 atom stereocenters. The molecule has 1 unspecified atom stereocenters. The summed E-state index contributed by atoms with van der Waals surface area (Å²) in [6, 6.07) is 10.4. The Morgan fingerprint density at radius 3 is 2.33 bits per heavy atom. The predicted molar refractivity (Wildman–Crippen MR) is 86.4 cm³/mol. The van der Waals surface area contributed by atoms with Crippen LogP contribution in [0.2, 0.25) is 0 Å². The molecular weight excluding hydrogens is 264 g/mol. The molecule has 1 aromatic rings. The standard InChI is InChI=1S/C12H17NO.C5H11NO/c1-10(8-13-9-14)11(2)12-6-4-3-5-7-12;1-6-2-4-7-5-3-6/h3-7,9-11H,8H2,1-2H3,(H,13,14);2-5H2,1H3/t10-,11?;/m0./s1. The molecule has 1 N–H and O–H groups in total. The number of rotatable bonds is 5. The summed E-state index contributed by atoms with van der Waals surface area (Å²) in [7, 11) is 2.11. The van der Waals surface area contributed by atoms with Crippen LogP contribution in [0.1, 0.15) is 25.3 Å². The van der Waals surface area contributed by atoms with Crippen molar-refractivity contribution < 1.29 is 9.53 Å². The summed E-state index contributed by atoms with van der Waals surface area (Å²) in [5, 5.41) is 2.72. The monoisotopic (exact) mass is 292 g/mol. The van der Waals surface area contributed by atoms with Gasteiger partial charge in [-0.25, -0.2) is 0 Å². The van der Waals surface area contributed by atoms with Gasteiger partial charge in [0.25, 0.3) is 0 Å². The lowest BCUT2D eigenvalue weighted by atomic mass is 9.89. The topological polar surface area (TPSA) is 41.6 Å². The number of morpholine rings is 1. The Hall–Kier alpha value is -1.39. The maximum absolute atomic E-state index is 10.2. The van der Waals surface area contributed by atoms with Crippen LogP contribution in [0.3, 0.4) is 0 Å². The fraction of sp³-hybridized carbons (Fsp3) is 0.588. The first-order valence-electron chi connectivity index (χ1n) is 7.63. The summed E-state index contributed by atoms with van der Waals surface area (Å²) in [4.78, 5) is 12.4. The molecule has 1 aliphatic heterocycles. The van der Waals surface area contributed by atoms with Crippen LogP contribution in [-0.4, -0.2) is 51.2 Å². The highest BCUT2D eigenvalue weighted by molar-refractivity contribution is 5.45. The van der Waals surface area contributed by atoms with Gasteiger partial charge in [0.2, 0.25) is 6.41 Å². The van der Waals surface area contributed by atoms with E-state index in [1.165, 1.54) is 5.56 Å². The number of hydrogen-bond donors (Lipinski definition) is 1. The van der Waals surface area contributed by atoms with Crippen molar-refractivity contribution in [1.82, 2.24) is 10.2 Å². The van der Waals surface area contributed by atoms with Gasteiger partial charge in [0, 0.05) is 19.6 Å². The quantitative estimate of drug-likeness (QED) is 0.845. The van der Waals surface area contributed by atoms with Gasteiger partial charge in [-0.1, -0.05) is 44.2 Å². The molecule has 4 heteroatoms. The highest BCUT2D eigenvalue weighted by Gasteiger charge is 2.13. The molecule has 0 aromatic heterocycles. The maximum atomic E-state index is 10.2. The Kier molecular flexibility index (Phi) is 8.71. The van der Waals surface area contributed by atoms with E-state index < -0.39 is 0 Å². The van der Waals surface area contributed by atoms with Crippen molar-refractivity contribution in [2.24, 2.45) is 5.92 Å². The molecule has 21 heavy (non-hydrogen) atoms. The van der Waals surface area contributed by atoms with Crippen molar-refractivity contribution in [2.45, 2.75) is 19.8 Å². The van der Waals surface area contributed by atoms with Crippen molar-refractivity contribution in [3.05, 3.63) is 35.9 Å². The van der Waals surface area contributed by atoms with Crippen molar-refractivity contribution in [1.29, 1.82) is 0 Å². The summed E-state index contributed by atoms with van der Waals surface area (Å²) in [6.45, 7) is 9.09. The van der Waals surface area contributed by atoms with Crippen molar-refractivity contribution in [2.75, 3.05) is 39.9 Å². The van der Waals surface area contributed by atoms with Crippen LogP contribution in [0.25, 0.3) is 0 Å². The zero-order valence-electron chi connectivity index (χ0n) is 13.4. The van der Waals surface area contributed by atoms with E-state index in [0.29, 0.717) is 11.8 Å². The van der Waals surface area contributed by atoms with Gasteiger partial charge in [0.05, 0.1) is 13.2 Å². The minimum Gasteiger partial charge on any atom is -0.379 e. The molecule has 1 fully saturated rings. The third kappa shape index (κ3) is 7.25. The fourth-order valence-corrected chi connectivity index (χ4v) is 2.15. The molecule has 118 valence electrons. The van der Waals surface area contributed by atoms with Gasteiger partial charge in [0.1, 0.15) is 0 Å². The third-order valence-electron chi connectivity index (χ3n) is 3.94. The van der Waals surface area contributed by atoms with E-state index in [4.69, 9.17) is 4.74 Å². The van der Waals surface area contributed by atoms with Gasteiger partial charge in [-0.2, -0.15) is 0 Å². The minimum absolute atomic E-state index is 0.461. The molecule has 1 heterocycles. The highest BCUT2D eigenvalue weighted by Crippen LogP contribution is 2.22. The van der Waals surface area contributed by atoms with Gasteiger partial charge < -0.3 is 15.0 Å². The second kappa shape index (κ2) is 10.4. The predicted octanol–water partition coefficient (Wildman–Crippen LogP) is 2.12. The Morgan fingerprint density at radius 1 is 1.24 bits per heavy atom. The zero-order valence-corrected chi connectivity index (χ0v) is 13.4. The SMILES string of the molecule is CC(c1ccccc1)[C@@H](C)CNC=O.CN1CCOCC1. The molecule has 1 aliphatic rings. The first kappa shape index (κ1) is 17.7. The van der Waals surface area contributed by atoms with Crippen LogP contribution < -0.4 is 5.32 Å². The second-order valence-electron chi connectivity index (χ2n) is 5.62. The van der Waals surface area contributed by atoms with Crippen molar-refractivity contribution >= 4 is 6.41 Å². The average Bonchev–Trinajstić information content (AvgIpc) is 2.54. The average molecular weight is 292 g/mol. The summed E-state index contributed by atoms with van der Waals surface area (Å²) in [5.41, 5.74) is 1.33. The number of likely N-dealkylation sites (N-methyl/N-ethyl adjacent to an activating group) is 1. The number of nitrogens with one attached hydrogen (secondary N) is 1. The number of carbonyl (C=O) groups is 1. The highest BCUT2D eigenvalue weighted by atomic mass is 16.5. The molecular formula is C17H28N2O2. The molecule has 0 bridgehead atoms. The Balaban J connectivity index is 0.000000262. The molecule has 1 amide bonds. The fourth-order valence-electron chi connectivity index (χ4n) is 2.15. The largest absolute Gasteiger partial charge is 0.379 e. The molecule has 2 rings (SSSR count). The molecule has 4 nitrogen and oxygen atoms in total. The van der Waals surface area contributed by atoms with Gasteiger partial charge in [-0.05, 0) is 24.4 Å². The number of carbonyl (C=O) groups excluding carboxylic acids is 1. The lowest BCUT2D eigenvalue weighted by Gasteiger charge is -2.21. The normalized spacial score (nSPS) is 18.0. The summed E-state index contributed by atoms with van der Waals surface area (Å²) < 4.78 is 5.10. The van der Waals surface area contributed by atoms with Gasteiger partial charge in [-0.15, -0.1) is 0 Å². The minimum atomic E-state index is 0.461. The van der Waals surface area contributed by atoms with Crippen LogP contribution in [0.5, 0.6) is 0 Å². The van der Waals surface area contributed by atoms with Crippen molar-refractivity contribution in [3.63, 3.8) is 0 Å². The maximum Gasteiger partial charge on any atom is 0.207 e. The van der Waals surface area contributed by atoms with Gasteiger partial charge in [-0.3, -0.25) is 4.79 Å². The molecule has 0 aliphatic carbocycles. The molecule has 1 saturated heterocycles. The number of benzene rings is 1. The second-order valence-corrected chi connectivity index (χ2v) is 5.62. The summed E-state index contributed by atoms with van der Waals surface area (Å²) in [6.07, 6.45) is 0.758. The molecule has 0 radical (unpaired) electrons. The Morgan fingerprint density at radius 2 is 1.86 bits per heavy atom. The summed E-state index contributed by atoms with van der Waals surface area (Å²) >= 11 is 0. The number of ether oxygens (including phenoxy) is 1. The van der Waals surface area contributed by atoms with Crippen LogP contribution in [0.4, 0.5) is 0 Å². The van der Waals surface area contributed by atoms with Gasteiger partial charge >= 0.3 is 0 Å². The smallest absolute Gasteiger partial charge is 0.207 e. The summed E-state index contributed by atoms with van der Waals surface area (Å²) in [5.74, 6) is 0.936. The van der Waals surface area contributed by atoms with Crippen LogP contribution in [-0.2, 0) is 9.53 Å².